The van der Waals surface area contributed by atoms with Gasteiger partial charge in [-0.3, -0.25) is 4.79 Å². The Labute approximate surface area is 138 Å². The van der Waals surface area contributed by atoms with Crippen molar-refractivity contribution in [3.63, 3.8) is 0 Å². The molecule has 0 spiro atoms. The van der Waals surface area contributed by atoms with Crippen LogP contribution >= 0.6 is 15.9 Å². The number of nitrogens with one attached hydrogen (secondary N) is 1. The fraction of sp³-hybridized carbons (Fsp3) is 0.105. The van der Waals surface area contributed by atoms with Crippen LogP contribution in [0.15, 0.2) is 71.2 Å². The van der Waals surface area contributed by atoms with Crippen molar-refractivity contribution in [1.29, 1.82) is 0 Å². The van der Waals surface area contributed by atoms with Crippen molar-refractivity contribution in [3.8, 4) is 0 Å². The first-order valence-electron chi connectivity index (χ1n) is 7.20. The van der Waals surface area contributed by atoms with E-state index in [0.29, 0.717) is 5.56 Å². The molecular weight excluding hydrogens is 338 g/mol. The fourth-order valence-electron chi connectivity index (χ4n) is 2.63. The van der Waals surface area contributed by atoms with Crippen molar-refractivity contribution in [3.05, 3.63) is 82.3 Å². The van der Waals surface area contributed by atoms with Crippen LogP contribution < -0.4 is 5.32 Å². The Hall–Kier alpha value is -2.13. The van der Waals surface area contributed by atoms with Gasteiger partial charge in [-0.15, -0.1) is 0 Å². The van der Waals surface area contributed by atoms with Crippen LogP contribution in [0.25, 0.3) is 10.8 Å². The van der Waals surface area contributed by atoms with E-state index in [1.165, 1.54) is 10.8 Å². The molecule has 0 heterocycles. The maximum Gasteiger partial charge on any atom is 0.252 e. The average molecular weight is 354 g/mol. The third kappa shape index (κ3) is 2.90. The van der Waals surface area contributed by atoms with Gasteiger partial charge in [-0.1, -0.05) is 54.6 Å². The van der Waals surface area contributed by atoms with Gasteiger partial charge in [-0.25, -0.2) is 0 Å². The van der Waals surface area contributed by atoms with Crippen molar-refractivity contribution in [2.24, 2.45) is 0 Å². The minimum Gasteiger partial charge on any atom is -0.345 e. The van der Waals surface area contributed by atoms with E-state index in [4.69, 9.17) is 0 Å². The maximum atomic E-state index is 12.4. The molecule has 1 unspecified atom stereocenters. The number of carbonyl (C=O) groups excluding carboxylic acids is 1. The van der Waals surface area contributed by atoms with Crippen LogP contribution in [0.5, 0.6) is 0 Å². The molecule has 2 nitrogen and oxygen atoms in total. The Balaban J connectivity index is 1.89. The molecular formula is C19H16BrNO. The minimum atomic E-state index is -0.0760. The number of hydrogen-bond donors (Lipinski definition) is 1. The first-order valence-corrected chi connectivity index (χ1v) is 7.99. The molecule has 110 valence electrons. The molecule has 0 radical (unpaired) electrons. The summed E-state index contributed by atoms with van der Waals surface area (Å²) in [5.74, 6) is -0.0760. The normalized spacial score (nSPS) is 12.1. The Morgan fingerprint density at radius 3 is 2.45 bits per heavy atom. The number of halogens is 1. The summed E-state index contributed by atoms with van der Waals surface area (Å²) in [6.07, 6.45) is 0. The van der Waals surface area contributed by atoms with Gasteiger partial charge in [0.25, 0.3) is 5.91 Å². The van der Waals surface area contributed by atoms with Gasteiger partial charge in [0, 0.05) is 4.47 Å². The van der Waals surface area contributed by atoms with E-state index in [2.05, 4.69) is 45.5 Å². The Morgan fingerprint density at radius 1 is 0.955 bits per heavy atom. The van der Waals surface area contributed by atoms with Crippen molar-refractivity contribution >= 4 is 32.6 Å². The van der Waals surface area contributed by atoms with Gasteiger partial charge in [0.15, 0.2) is 0 Å². The van der Waals surface area contributed by atoms with Crippen molar-refractivity contribution < 1.29 is 4.79 Å². The predicted molar refractivity (Wildman–Crippen MR) is 94.0 cm³/mol. The lowest BCUT2D eigenvalue weighted by molar-refractivity contribution is 0.0939. The van der Waals surface area contributed by atoms with Gasteiger partial charge in [-0.05, 0) is 51.3 Å². The lowest BCUT2D eigenvalue weighted by Gasteiger charge is -2.17. The summed E-state index contributed by atoms with van der Waals surface area (Å²) in [7, 11) is 0. The summed E-state index contributed by atoms with van der Waals surface area (Å²) < 4.78 is 0.803. The number of carbonyl (C=O) groups is 1. The Morgan fingerprint density at radius 2 is 1.64 bits per heavy atom. The third-order valence-corrected chi connectivity index (χ3v) is 4.45. The zero-order valence-electron chi connectivity index (χ0n) is 12.2. The second kappa shape index (κ2) is 6.32. The first-order chi connectivity index (χ1) is 10.7. The largest absolute Gasteiger partial charge is 0.345 e. The van der Waals surface area contributed by atoms with Gasteiger partial charge in [0.05, 0.1) is 11.6 Å². The number of benzene rings is 3. The van der Waals surface area contributed by atoms with Crippen LogP contribution in [0.4, 0.5) is 0 Å². The van der Waals surface area contributed by atoms with E-state index in [1.807, 2.05) is 49.4 Å². The lowest BCUT2D eigenvalue weighted by atomic mass is 9.99. The van der Waals surface area contributed by atoms with Crippen LogP contribution in [0, 0.1) is 0 Å². The van der Waals surface area contributed by atoms with E-state index in [0.717, 1.165) is 10.0 Å². The molecule has 3 heteroatoms. The predicted octanol–water partition coefficient (Wildman–Crippen LogP) is 5.09. The highest BCUT2D eigenvalue weighted by atomic mass is 79.9. The molecule has 0 saturated carbocycles. The van der Waals surface area contributed by atoms with Crippen LogP contribution in [0.2, 0.25) is 0 Å². The molecule has 22 heavy (non-hydrogen) atoms. The number of hydrogen-bond acceptors (Lipinski definition) is 1. The van der Waals surface area contributed by atoms with Gasteiger partial charge >= 0.3 is 0 Å². The van der Waals surface area contributed by atoms with Crippen molar-refractivity contribution in [1.82, 2.24) is 5.32 Å². The maximum absolute atomic E-state index is 12.4. The SMILES string of the molecule is CC(NC(=O)c1ccccc1Br)c1cccc2ccccc12. The summed E-state index contributed by atoms with van der Waals surface area (Å²) >= 11 is 3.42. The molecule has 0 aliphatic heterocycles. The number of rotatable bonds is 3. The van der Waals surface area contributed by atoms with Gasteiger partial charge in [-0.2, -0.15) is 0 Å². The smallest absolute Gasteiger partial charge is 0.252 e. The molecule has 3 rings (SSSR count). The van der Waals surface area contributed by atoms with E-state index < -0.39 is 0 Å². The van der Waals surface area contributed by atoms with Gasteiger partial charge in [0.2, 0.25) is 0 Å². The van der Waals surface area contributed by atoms with Crippen LogP contribution in [-0.2, 0) is 0 Å². The lowest BCUT2D eigenvalue weighted by Crippen LogP contribution is -2.27. The first kappa shape index (κ1) is 14.8. The molecule has 0 aliphatic carbocycles. The zero-order chi connectivity index (χ0) is 15.5. The molecule has 0 aliphatic rings. The second-order valence-corrected chi connectivity index (χ2v) is 6.10. The van der Waals surface area contributed by atoms with Crippen LogP contribution in [0.3, 0.4) is 0 Å². The second-order valence-electron chi connectivity index (χ2n) is 5.24. The van der Waals surface area contributed by atoms with E-state index in [-0.39, 0.29) is 11.9 Å². The molecule has 1 amide bonds. The van der Waals surface area contributed by atoms with E-state index >= 15 is 0 Å². The summed E-state index contributed by atoms with van der Waals surface area (Å²) in [5.41, 5.74) is 1.77. The Bertz CT molecular complexity index is 823. The topological polar surface area (TPSA) is 29.1 Å². The van der Waals surface area contributed by atoms with E-state index in [9.17, 15) is 4.79 Å². The fourth-order valence-corrected chi connectivity index (χ4v) is 3.09. The summed E-state index contributed by atoms with van der Waals surface area (Å²) in [4.78, 5) is 12.4. The van der Waals surface area contributed by atoms with Crippen LogP contribution in [-0.4, -0.2) is 5.91 Å². The van der Waals surface area contributed by atoms with Crippen molar-refractivity contribution in [2.75, 3.05) is 0 Å². The highest BCUT2D eigenvalue weighted by Crippen LogP contribution is 2.25. The van der Waals surface area contributed by atoms with Gasteiger partial charge < -0.3 is 5.32 Å². The minimum absolute atomic E-state index is 0.0642. The summed E-state index contributed by atoms with van der Waals surface area (Å²) in [5, 5.41) is 5.43. The van der Waals surface area contributed by atoms with E-state index in [1.54, 1.807) is 0 Å². The number of fused-ring (bicyclic) bond motifs is 1. The average Bonchev–Trinajstić information content (AvgIpc) is 2.54. The third-order valence-electron chi connectivity index (χ3n) is 3.76. The molecule has 1 atom stereocenters. The summed E-state index contributed by atoms with van der Waals surface area (Å²) in [6.45, 7) is 2.01. The van der Waals surface area contributed by atoms with Crippen molar-refractivity contribution in [2.45, 2.75) is 13.0 Å². The zero-order valence-corrected chi connectivity index (χ0v) is 13.8. The van der Waals surface area contributed by atoms with Crippen LogP contribution in [0.1, 0.15) is 28.9 Å². The standard InChI is InChI=1S/C19H16BrNO/c1-13(21-19(22)17-10-4-5-12-18(17)20)15-11-6-8-14-7-2-3-9-16(14)15/h2-13H,1H3,(H,21,22). The quantitative estimate of drug-likeness (QED) is 0.697. The molecule has 0 fully saturated rings. The highest BCUT2D eigenvalue weighted by molar-refractivity contribution is 9.10. The monoisotopic (exact) mass is 353 g/mol. The molecule has 0 aromatic heterocycles. The summed E-state index contributed by atoms with van der Waals surface area (Å²) in [6, 6.07) is 21.8. The number of amides is 1. The molecule has 1 N–H and O–H groups in total. The molecule has 0 bridgehead atoms. The molecule has 3 aromatic rings. The molecule has 3 aromatic carbocycles. The highest BCUT2D eigenvalue weighted by Gasteiger charge is 2.15. The van der Waals surface area contributed by atoms with Gasteiger partial charge in [0.1, 0.15) is 0 Å². The Kier molecular flexibility index (Phi) is 4.25. The molecule has 0 saturated heterocycles.